The lowest BCUT2D eigenvalue weighted by Crippen LogP contribution is -2.14. The Kier molecular flexibility index (Phi) is 3.80. The van der Waals surface area contributed by atoms with Crippen LogP contribution in [0.5, 0.6) is 11.8 Å². The molecular formula is C11H10IN3O3. The van der Waals surface area contributed by atoms with Crippen LogP contribution in [0, 0.1) is 3.57 Å². The zero-order valence-corrected chi connectivity index (χ0v) is 11.6. The number of hydrogen-bond acceptors (Lipinski definition) is 5. The van der Waals surface area contributed by atoms with Crippen LogP contribution < -0.4 is 10.3 Å². The van der Waals surface area contributed by atoms with Gasteiger partial charge in [0.25, 0.3) is 5.56 Å². The van der Waals surface area contributed by atoms with Crippen LogP contribution in [-0.4, -0.2) is 27.2 Å². The van der Waals surface area contributed by atoms with Gasteiger partial charge in [-0.2, -0.15) is 4.98 Å². The van der Waals surface area contributed by atoms with E-state index in [9.17, 15) is 9.90 Å². The number of hydrogen-bond donors (Lipinski definition) is 2. The molecule has 0 bridgehead atoms. The fourth-order valence-electron chi connectivity index (χ4n) is 1.41. The summed E-state index contributed by atoms with van der Waals surface area (Å²) in [5.74, 6) is 0.659. The number of ether oxygens (including phenoxy) is 1. The molecule has 0 aliphatic heterocycles. The molecule has 0 unspecified atom stereocenters. The summed E-state index contributed by atoms with van der Waals surface area (Å²) < 4.78 is 5.13. The fraction of sp³-hybridized carbons (Fsp3) is 0.182. The Bertz CT molecular complexity index is 610. The van der Waals surface area contributed by atoms with E-state index < -0.39 is 0 Å². The van der Waals surface area contributed by atoms with E-state index in [-0.39, 0.29) is 15.0 Å². The number of rotatable bonds is 3. The molecule has 0 atom stereocenters. The fourth-order valence-corrected chi connectivity index (χ4v) is 1.66. The molecule has 0 fully saturated rings. The minimum atomic E-state index is -0.348. The average molecular weight is 359 g/mol. The Hall–Kier alpha value is -1.64. The molecule has 6 nitrogen and oxygen atoms in total. The molecule has 94 valence electrons. The van der Waals surface area contributed by atoms with Crippen LogP contribution in [-0.2, 0) is 6.42 Å². The van der Waals surface area contributed by atoms with Gasteiger partial charge in [-0.25, -0.2) is 4.98 Å². The van der Waals surface area contributed by atoms with E-state index >= 15 is 0 Å². The SMILES string of the molecule is COc1ccc(Cc2nc(O)c(I)c(=O)[nH]2)cn1. The molecule has 2 rings (SSSR count). The normalized spacial score (nSPS) is 10.3. The Morgan fingerprint density at radius 1 is 1.50 bits per heavy atom. The van der Waals surface area contributed by atoms with Crippen molar-refractivity contribution < 1.29 is 9.84 Å². The van der Waals surface area contributed by atoms with Crippen molar-refractivity contribution in [2.24, 2.45) is 0 Å². The highest BCUT2D eigenvalue weighted by molar-refractivity contribution is 14.1. The summed E-state index contributed by atoms with van der Waals surface area (Å²) in [4.78, 5) is 22.0. The second-order valence-electron chi connectivity index (χ2n) is 3.54. The number of nitrogens with one attached hydrogen (secondary N) is 1. The van der Waals surface area contributed by atoms with E-state index in [4.69, 9.17) is 4.74 Å². The van der Waals surface area contributed by atoms with Gasteiger partial charge >= 0.3 is 0 Å². The number of aromatic nitrogens is 3. The predicted octanol–water partition coefficient (Wildman–Crippen LogP) is 1.07. The minimum Gasteiger partial charge on any atom is -0.492 e. The summed E-state index contributed by atoms with van der Waals surface area (Å²) in [7, 11) is 1.54. The maximum Gasteiger partial charge on any atom is 0.268 e. The predicted molar refractivity (Wildman–Crippen MR) is 72.8 cm³/mol. The number of nitrogens with zero attached hydrogens (tertiary/aromatic N) is 2. The van der Waals surface area contributed by atoms with Gasteiger partial charge in [-0.3, -0.25) is 4.79 Å². The zero-order valence-electron chi connectivity index (χ0n) is 9.48. The van der Waals surface area contributed by atoms with Crippen molar-refractivity contribution in [3.63, 3.8) is 0 Å². The van der Waals surface area contributed by atoms with Crippen molar-refractivity contribution in [3.8, 4) is 11.8 Å². The first-order chi connectivity index (χ1) is 8.60. The summed E-state index contributed by atoms with van der Waals surface area (Å²) in [6.07, 6.45) is 2.02. The molecule has 0 spiro atoms. The van der Waals surface area contributed by atoms with Gasteiger partial charge in [0.15, 0.2) is 0 Å². The number of halogens is 1. The maximum absolute atomic E-state index is 11.5. The number of H-pyrrole nitrogens is 1. The zero-order chi connectivity index (χ0) is 13.1. The first-order valence-corrected chi connectivity index (χ1v) is 6.14. The molecule has 0 aromatic carbocycles. The van der Waals surface area contributed by atoms with Gasteiger partial charge in [0, 0.05) is 18.7 Å². The van der Waals surface area contributed by atoms with E-state index in [0.717, 1.165) is 5.56 Å². The molecule has 0 radical (unpaired) electrons. The lowest BCUT2D eigenvalue weighted by atomic mass is 10.2. The lowest BCUT2D eigenvalue weighted by Gasteiger charge is -2.03. The van der Waals surface area contributed by atoms with E-state index in [1.807, 2.05) is 6.07 Å². The summed E-state index contributed by atoms with van der Waals surface area (Å²) in [5, 5.41) is 9.47. The van der Waals surface area contributed by atoms with E-state index in [1.54, 1.807) is 34.9 Å². The molecule has 2 aromatic rings. The molecule has 0 aliphatic rings. The van der Waals surface area contributed by atoms with Crippen molar-refractivity contribution in [2.45, 2.75) is 6.42 Å². The van der Waals surface area contributed by atoms with Crippen LogP contribution in [0.4, 0.5) is 0 Å². The molecule has 18 heavy (non-hydrogen) atoms. The first kappa shape index (κ1) is 12.8. The number of methoxy groups -OCH3 is 1. The van der Waals surface area contributed by atoms with Crippen molar-refractivity contribution in [1.29, 1.82) is 0 Å². The Labute approximate surface area is 116 Å². The van der Waals surface area contributed by atoms with Crippen molar-refractivity contribution in [1.82, 2.24) is 15.0 Å². The van der Waals surface area contributed by atoms with Gasteiger partial charge in [-0.05, 0) is 28.2 Å². The molecule has 2 heterocycles. The Balaban J connectivity index is 2.25. The van der Waals surface area contributed by atoms with Gasteiger partial charge in [0.05, 0.1) is 7.11 Å². The smallest absolute Gasteiger partial charge is 0.268 e. The van der Waals surface area contributed by atoms with Crippen LogP contribution in [0.15, 0.2) is 23.1 Å². The van der Waals surface area contributed by atoms with Crippen molar-refractivity contribution in [3.05, 3.63) is 43.6 Å². The number of pyridine rings is 1. The molecule has 0 saturated heterocycles. The van der Waals surface area contributed by atoms with Gasteiger partial charge in [-0.15, -0.1) is 0 Å². The quantitative estimate of drug-likeness (QED) is 0.801. The Morgan fingerprint density at radius 3 is 2.83 bits per heavy atom. The summed E-state index contributed by atoms with van der Waals surface area (Å²) in [6.45, 7) is 0. The van der Waals surface area contributed by atoms with Gasteiger partial charge < -0.3 is 14.8 Å². The van der Waals surface area contributed by atoms with Crippen LogP contribution in [0.3, 0.4) is 0 Å². The van der Waals surface area contributed by atoms with Gasteiger partial charge in [-0.1, -0.05) is 6.07 Å². The summed E-state index contributed by atoms with van der Waals surface area (Å²) in [6, 6.07) is 3.54. The standard InChI is InChI=1S/C11H10IN3O3/c1-18-8-3-2-6(5-13-8)4-7-14-10(16)9(12)11(17)15-7/h2-3,5H,4H2,1H3,(H2,14,15,16,17). The van der Waals surface area contributed by atoms with E-state index in [1.165, 1.54) is 7.11 Å². The largest absolute Gasteiger partial charge is 0.492 e. The molecule has 2 N–H and O–H groups in total. The molecule has 7 heteroatoms. The molecular weight excluding hydrogens is 349 g/mol. The monoisotopic (exact) mass is 359 g/mol. The first-order valence-electron chi connectivity index (χ1n) is 5.06. The molecule has 0 aliphatic carbocycles. The van der Waals surface area contributed by atoms with Gasteiger partial charge in [0.1, 0.15) is 9.39 Å². The topological polar surface area (TPSA) is 88.1 Å². The molecule has 2 aromatic heterocycles. The lowest BCUT2D eigenvalue weighted by molar-refractivity contribution is 0.397. The van der Waals surface area contributed by atoms with Gasteiger partial charge in [0.2, 0.25) is 11.8 Å². The highest BCUT2D eigenvalue weighted by atomic mass is 127. The highest BCUT2D eigenvalue weighted by Crippen LogP contribution is 2.13. The third-order valence-corrected chi connectivity index (χ3v) is 3.24. The second kappa shape index (κ2) is 5.34. The minimum absolute atomic E-state index is 0.184. The maximum atomic E-state index is 11.5. The van der Waals surface area contributed by atoms with E-state index in [2.05, 4.69) is 15.0 Å². The molecule has 0 amide bonds. The second-order valence-corrected chi connectivity index (χ2v) is 4.61. The molecule has 0 saturated carbocycles. The average Bonchev–Trinajstić information content (AvgIpc) is 2.37. The van der Waals surface area contributed by atoms with E-state index in [0.29, 0.717) is 18.1 Å². The third-order valence-electron chi connectivity index (χ3n) is 2.27. The van der Waals surface area contributed by atoms with Crippen LogP contribution >= 0.6 is 22.6 Å². The third kappa shape index (κ3) is 2.78. The number of aromatic amines is 1. The highest BCUT2D eigenvalue weighted by Gasteiger charge is 2.08. The van der Waals surface area contributed by atoms with Crippen molar-refractivity contribution in [2.75, 3.05) is 7.11 Å². The summed E-state index contributed by atoms with van der Waals surface area (Å²) in [5.41, 5.74) is 0.513. The van der Waals surface area contributed by atoms with Crippen LogP contribution in [0.2, 0.25) is 0 Å². The Morgan fingerprint density at radius 2 is 2.28 bits per heavy atom. The number of aromatic hydroxyl groups is 1. The summed E-state index contributed by atoms with van der Waals surface area (Å²) >= 11 is 1.74. The van der Waals surface area contributed by atoms with Crippen molar-refractivity contribution >= 4 is 22.6 Å². The van der Waals surface area contributed by atoms with Crippen LogP contribution in [0.1, 0.15) is 11.4 Å². The van der Waals surface area contributed by atoms with Crippen LogP contribution in [0.25, 0.3) is 0 Å².